The Hall–Kier alpha value is -2.24. The van der Waals surface area contributed by atoms with Gasteiger partial charge < -0.3 is 21.1 Å². The monoisotopic (exact) mass is 265 g/mol. The van der Waals surface area contributed by atoms with Gasteiger partial charge in [-0.15, -0.1) is 0 Å². The molecular formula is C13H19N3O3. The fourth-order valence-electron chi connectivity index (χ4n) is 1.39. The zero-order valence-electron chi connectivity index (χ0n) is 11.3. The Morgan fingerprint density at radius 3 is 2.21 bits per heavy atom. The fraction of sp³-hybridized carbons (Fsp3) is 0.385. The van der Waals surface area contributed by atoms with Crippen molar-refractivity contribution in [2.75, 3.05) is 25.1 Å². The average Bonchev–Trinajstić information content (AvgIpc) is 2.33. The Balaban J connectivity index is 2.63. The molecule has 1 aromatic rings. The Kier molecular flexibility index (Phi) is 4.74. The second kappa shape index (κ2) is 6.08. The van der Waals surface area contributed by atoms with Gasteiger partial charge in [-0.3, -0.25) is 4.79 Å². The van der Waals surface area contributed by atoms with Crippen molar-refractivity contribution in [2.24, 2.45) is 0 Å². The molecule has 0 aliphatic heterocycles. The summed E-state index contributed by atoms with van der Waals surface area (Å²) in [5.41, 5.74) is 12.1. The van der Waals surface area contributed by atoms with Gasteiger partial charge in [0, 0.05) is 24.5 Å². The zero-order valence-corrected chi connectivity index (χ0v) is 11.3. The number of carbonyl (C=O) groups is 2. The van der Waals surface area contributed by atoms with E-state index in [1.807, 2.05) is 13.8 Å². The molecule has 0 unspecified atom stereocenters. The number of hydrogen-bond acceptors (Lipinski definition) is 5. The predicted octanol–water partition coefficient (Wildman–Crippen LogP) is 0.875. The second-order valence-corrected chi connectivity index (χ2v) is 4.56. The first-order valence-electron chi connectivity index (χ1n) is 5.90. The largest absolute Gasteiger partial charge is 0.452 e. The highest BCUT2D eigenvalue weighted by atomic mass is 16.5. The van der Waals surface area contributed by atoms with E-state index in [4.69, 9.17) is 16.2 Å². The molecule has 104 valence electrons. The van der Waals surface area contributed by atoms with Crippen LogP contribution in [0.5, 0.6) is 0 Å². The molecule has 1 aromatic carbocycles. The number of nitrogens with zero attached hydrogens (tertiary/aromatic N) is 1. The van der Waals surface area contributed by atoms with Crippen LogP contribution in [0.2, 0.25) is 0 Å². The van der Waals surface area contributed by atoms with Crippen molar-refractivity contribution in [3.63, 3.8) is 0 Å². The van der Waals surface area contributed by atoms with Crippen molar-refractivity contribution in [3.05, 3.63) is 23.8 Å². The van der Waals surface area contributed by atoms with Crippen LogP contribution in [0.15, 0.2) is 18.2 Å². The first-order chi connectivity index (χ1) is 8.81. The third-order valence-electron chi connectivity index (χ3n) is 2.71. The lowest BCUT2D eigenvalue weighted by molar-refractivity contribution is -0.134. The number of likely N-dealkylation sites (N-methyl/N-ethyl adjacent to an activating group) is 1. The number of nitrogen functional groups attached to an aromatic ring is 2. The van der Waals surface area contributed by atoms with Gasteiger partial charge in [-0.1, -0.05) is 0 Å². The number of benzene rings is 1. The summed E-state index contributed by atoms with van der Waals surface area (Å²) in [6.45, 7) is 3.44. The molecule has 0 atom stereocenters. The molecule has 0 fully saturated rings. The average molecular weight is 265 g/mol. The maximum Gasteiger partial charge on any atom is 0.338 e. The summed E-state index contributed by atoms with van der Waals surface area (Å²) in [5.74, 6) is -0.885. The fourth-order valence-corrected chi connectivity index (χ4v) is 1.39. The molecule has 19 heavy (non-hydrogen) atoms. The van der Waals surface area contributed by atoms with Gasteiger partial charge in [0.25, 0.3) is 5.91 Å². The van der Waals surface area contributed by atoms with Gasteiger partial charge in [0.1, 0.15) is 0 Å². The van der Waals surface area contributed by atoms with Crippen LogP contribution in [0.25, 0.3) is 0 Å². The van der Waals surface area contributed by atoms with E-state index < -0.39 is 5.97 Å². The van der Waals surface area contributed by atoms with Crippen molar-refractivity contribution in [2.45, 2.75) is 19.9 Å². The Labute approximate surface area is 112 Å². The number of rotatable bonds is 4. The molecule has 0 radical (unpaired) electrons. The zero-order chi connectivity index (χ0) is 14.6. The Bertz CT molecular complexity index is 466. The summed E-state index contributed by atoms with van der Waals surface area (Å²) < 4.78 is 4.93. The van der Waals surface area contributed by atoms with Crippen molar-refractivity contribution in [1.82, 2.24) is 4.90 Å². The number of anilines is 2. The molecule has 6 nitrogen and oxygen atoms in total. The Morgan fingerprint density at radius 2 is 1.74 bits per heavy atom. The maximum atomic E-state index is 11.7. The summed E-state index contributed by atoms with van der Waals surface area (Å²) >= 11 is 0. The van der Waals surface area contributed by atoms with Gasteiger partial charge in [-0.25, -0.2) is 4.79 Å². The summed E-state index contributed by atoms with van der Waals surface area (Å²) in [6.07, 6.45) is 0. The molecule has 1 amide bonds. The van der Waals surface area contributed by atoms with Crippen molar-refractivity contribution in [3.8, 4) is 0 Å². The van der Waals surface area contributed by atoms with Gasteiger partial charge in [0.05, 0.1) is 5.56 Å². The molecule has 0 aromatic heterocycles. The number of ether oxygens (including phenoxy) is 1. The van der Waals surface area contributed by atoms with E-state index in [0.29, 0.717) is 11.4 Å². The highest BCUT2D eigenvalue weighted by Gasteiger charge is 2.15. The number of hydrogen-bond donors (Lipinski definition) is 2. The molecular weight excluding hydrogens is 246 g/mol. The van der Waals surface area contributed by atoms with Gasteiger partial charge in [0.2, 0.25) is 0 Å². The minimum atomic E-state index is -0.621. The van der Waals surface area contributed by atoms with E-state index in [1.165, 1.54) is 23.1 Å². The summed E-state index contributed by atoms with van der Waals surface area (Å²) in [4.78, 5) is 24.9. The van der Waals surface area contributed by atoms with Crippen LogP contribution in [0.4, 0.5) is 11.4 Å². The van der Waals surface area contributed by atoms with Crippen LogP contribution in [0.3, 0.4) is 0 Å². The number of amides is 1. The molecule has 0 aliphatic rings. The van der Waals surface area contributed by atoms with Gasteiger partial charge in [-0.2, -0.15) is 0 Å². The van der Waals surface area contributed by atoms with Crippen LogP contribution in [0.1, 0.15) is 24.2 Å². The highest BCUT2D eigenvalue weighted by Crippen LogP contribution is 2.14. The first kappa shape index (κ1) is 14.8. The van der Waals surface area contributed by atoms with Crippen molar-refractivity contribution >= 4 is 23.3 Å². The van der Waals surface area contributed by atoms with E-state index in [2.05, 4.69) is 0 Å². The SMILES string of the molecule is CC(C)N(C)C(=O)COC(=O)c1cc(N)cc(N)c1. The predicted molar refractivity (Wildman–Crippen MR) is 73.5 cm³/mol. The lowest BCUT2D eigenvalue weighted by Gasteiger charge is -2.21. The van der Waals surface area contributed by atoms with E-state index in [-0.39, 0.29) is 24.1 Å². The van der Waals surface area contributed by atoms with Crippen LogP contribution in [0, 0.1) is 0 Å². The van der Waals surface area contributed by atoms with E-state index >= 15 is 0 Å². The number of carbonyl (C=O) groups excluding carboxylic acids is 2. The molecule has 6 heteroatoms. The molecule has 4 N–H and O–H groups in total. The molecule has 0 saturated heterocycles. The van der Waals surface area contributed by atoms with E-state index in [0.717, 1.165) is 0 Å². The lowest BCUT2D eigenvalue weighted by Crippen LogP contribution is -2.36. The molecule has 0 heterocycles. The van der Waals surface area contributed by atoms with E-state index in [1.54, 1.807) is 7.05 Å². The normalized spacial score (nSPS) is 10.3. The molecule has 0 spiro atoms. The smallest absolute Gasteiger partial charge is 0.338 e. The standard InChI is InChI=1S/C13H19N3O3/c1-8(2)16(3)12(17)7-19-13(18)9-4-10(14)6-11(15)5-9/h4-6,8H,7,14-15H2,1-3H3. The first-order valence-corrected chi connectivity index (χ1v) is 5.90. The minimum absolute atomic E-state index is 0.0502. The third kappa shape index (κ3) is 4.17. The van der Waals surface area contributed by atoms with Crippen LogP contribution in [-0.4, -0.2) is 36.5 Å². The number of nitrogens with two attached hydrogens (primary N) is 2. The molecule has 0 saturated carbocycles. The van der Waals surface area contributed by atoms with Crippen molar-refractivity contribution in [1.29, 1.82) is 0 Å². The van der Waals surface area contributed by atoms with Gasteiger partial charge >= 0.3 is 5.97 Å². The summed E-state index contributed by atoms with van der Waals surface area (Å²) in [5, 5.41) is 0. The summed E-state index contributed by atoms with van der Waals surface area (Å²) in [7, 11) is 1.65. The second-order valence-electron chi connectivity index (χ2n) is 4.56. The lowest BCUT2D eigenvalue weighted by atomic mass is 10.2. The molecule has 0 bridgehead atoms. The van der Waals surface area contributed by atoms with Crippen LogP contribution < -0.4 is 11.5 Å². The quantitative estimate of drug-likeness (QED) is 0.622. The third-order valence-corrected chi connectivity index (χ3v) is 2.71. The Morgan fingerprint density at radius 1 is 1.21 bits per heavy atom. The number of esters is 1. The minimum Gasteiger partial charge on any atom is -0.452 e. The van der Waals surface area contributed by atoms with Gasteiger partial charge in [0.15, 0.2) is 6.61 Å². The van der Waals surface area contributed by atoms with Crippen LogP contribution >= 0.6 is 0 Å². The summed E-state index contributed by atoms with van der Waals surface area (Å²) in [6, 6.07) is 4.49. The molecule has 0 aliphatic carbocycles. The maximum absolute atomic E-state index is 11.7. The van der Waals surface area contributed by atoms with Gasteiger partial charge in [-0.05, 0) is 32.0 Å². The highest BCUT2D eigenvalue weighted by molar-refractivity contribution is 5.93. The van der Waals surface area contributed by atoms with E-state index in [9.17, 15) is 9.59 Å². The van der Waals surface area contributed by atoms with Crippen molar-refractivity contribution < 1.29 is 14.3 Å². The topological polar surface area (TPSA) is 98.6 Å². The molecule has 1 rings (SSSR count). The van der Waals surface area contributed by atoms with Crippen LogP contribution in [-0.2, 0) is 9.53 Å².